The van der Waals surface area contributed by atoms with Gasteiger partial charge in [0, 0.05) is 15.6 Å². The second-order valence-corrected chi connectivity index (χ2v) is 8.91. The molecule has 1 aromatic heterocycles. The van der Waals surface area contributed by atoms with Crippen LogP contribution in [0.1, 0.15) is 17.9 Å². The van der Waals surface area contributed by atoms with Crippen LogP contribution in [0.15, 0.2) is 14.3 Å². The highest BCUT2D eigenvalue weighted by molar-refractivity contribution is 9.13. The number of sulfone groups is 1. The summed E-state index contributed by atoms with van der Waals surface area (Å²) in [5.41, 5.74) is 0. The van der Waals surface area contributed by atoms with Crippen LogP contribution in [0.5, 0.6) is 0 Å². The molecule has 0 fully saturated rings. The molecule has 0 aliphatic carbocycles. The second-order valence-electron chi connectivity index (χ2n) is 3.25. The van der Waals surface area contributed by atoms with Crippen molar-refractivity contribution in [3.63, 3.8) is 0 Å². The quantitative estimate of drug-likeness (QED) is 0.880. The van der Waals surface area contributed by atoms with Gasteiger partial charge in [-0.25, -0.2) is 8.42 Å². The molecule has 0 aromatic carbocycles. The van der Waals surface area contributed by atoms with Crippen molar-refractivity contribution in [1.29, 1.82) is 0 Å². The Labute approximate surface area is 110 Å². The summed E-state index contributed by atoms with van der Waals surface area (Å²) in [6.07, 6.45) is 0.145. The Morgan fingerprint density at radius 1 is 1.47 bits per heavy atom. The third kappa shape index (κ3) is 3.26. The Morgan fingerprint density at radius 3 is 2.33 bits per heavy atom. The Balaban J connectivity index is 3.00. The summed E-state index contributed by atoms with van der Waals surface area (Å²) < 4.78 is 24.2. The zero-order valence-electron chi connectivity index (χ0n) is 8.07. The Morgan fingerprint density at radius 2 is 2.00 bits per heavy atom. The molecule has 0 saturated carbocycles. The van der Waals surface area contributed by atoms with Crippen molar-refractivity contribution in [2.45, 2.75) is 18.3 Å². The number of hydrogen-bond acceptors (Lipinski definition) is 4. The molecule has 3 nitrogen and oxygen atoms in total. The normalized spacial score (nSPS) is 16.3. The molecule has 0 radical (unpaired) electrons. The van der Waals surface area contributed by atoms with Gasteiger partial charge in [-0.2, -0.15) is 0 Å². The molecule has 1 heterocycles. The van der Waals surface area contributed by atoms with Gasteiger partial charge in [-0.3, -0.25) is 0 Å². The summed E-state index contributed by atoms with van der Waals surface area (Å²) in [4.78, 5) is 0.631. The molecule has 0 saturated heterocycles. The van der Waals surface area contributed by atoms with Crippen molar-refractivity contribution < 1.29 is 13.5 Å². The van der Waals surface area contributed by atoms with Gasteiger partial charge in [0.1, 0.15) is 6.10 Å². The van der Waals surface area contributed by atoms with Crippen LogP contribution in [-0.2, 0) is 9.84 Å². The first-order valence-corrected chi connectivity index (χ1v) is 8.41. The van der Waals surface area contributed by atoms with Gasteiger partial charge in [-0.05, 0) is 44.8 Å². The third-order valence-corrected chi connectivity index (χ3v) is 7.01. The molecule has 0 aliphatic rings. The second kappa shape index (κ2) is 4.83. The zero-order chi connectivity index (χ0) is 11.8. The lowest BCUT2D eigenvalue weighted by Gasteiger charge is -2.15. The van der Waals surface area contributed by atoms with E-state index in [-0.39, 0.29) is 0 Å². The molecular formula is C8H10Br2O3S2. The van der Waals surface area contributed by atoms with E-state index in [4.69, 9.17) is 0 Å². The van der Waals surface area contributed by atoms with E-state index < -0.39 is 21.2 Å². The average Bonchev–Trinajstić information content (AvgIpc) is 2.43. The predicted octanol–water partition coefficient (Wildman–Crippen LogP) is 2.74. The van der Waals surface area contributed by atoms with Crippen LogP contribution in [0, 0.1) is 0 Å². The standard InChI is InChI=1S/C8H10Br2O3S2/c1-4(15(2,12)13)7(11)6-3-5(9)8(10)14-6/h3-4,7,11H,1-2H3. The summed E-state index contributed by atoms with van der Waals surface area (Å²) >= 11 is 7.90. The van der Waals surface area contributed by atoms with Crippen LogP contribution >= 0.6 is 43.2 Å². The van der Waals surface area contributed by atoms with Crippen LogP contribution in [0.25, 0.3) is 0 Å². The summed E-state index contributed by atoms with van der Waals surface area (Å²) in [6, 6.07) is 1.72. The van der Waals surface area contributed by atoms with Crippen molar-refractivity contribution in [1.82, 2.24) is 0 Å². The first-order chi connectivity index (χ1) is 6.73. The van der Waals surface area contributed by atoms with E-state index in [1.54, 1.807) is 6.07 Å². The van der Waals surface area contributed by atoms with Crippen molar-refractivity contribution in [3.8, 4) is 0 Å². The van der Waals surface area contributed by atoms with E-state index in [2.05, 4.69) is 31.9 Å². The maximum atomic E-state index is 11.3. The SMILES string of the molecule is CC(C(O)c1cc(Br)c(Br)s1)S(C)(=O)=O. The molecule has 15 heavy (non-hydrogen) atoms. The lowest BCUT2D eigenvalue weighted by atomic mass is 10.2. The monoisotopic (exact) mass is 376 g/mol. The molecular weight excluding hydrogens is 368 g/mol. The minimum Gasteiger partial charge on any atom is -0.386 e. The topological polar surface area (TPSA) is 54.4 Å². The Kier molecular flexibility index (Phi) is 4.39. The van der Waals surface area contributed by atoms with E-state index in [9.17, 15) is 13.5 Å². The summed E-state index contributed by atoms with van der Waals surface area (Å²) in [5.74, 6) is 0. The van der Waals surface area contributed by atoms with Crippen LogP contribution in [0.2, 0.25) is 0 Å². The van der Waals surface area contributed by atoms with Gasteiger partial charge < -0.3 is 5.11 Å². The predicted molar refractivity (Wildman–Crippen MR) is 69.0 cm³/mol. The van der Waals surface area contributed by atoms with Crippen LogP contribution in [0.4, 0.5) is 0 Å². The fourth-order valence-electron chi connectivity index (χ4n) is 0.975. The Hall–Kier alpha value is 0.570. The molecule has 0 amide bonds. The number of hydrogen-bond donors (Lipinski definition) is 1. The molecule has 2 unspecified atom stereocenters. The first kappa shape index (κ1) is 13.6. The van der Waals surface area contributed by atoms with Crippen LogP contribution in [0.3, 0.4) is 0 Å². The first-order valence-electron chi connectivity index (χ1n) is 4.05. The lowest BCUT2D eigenvalue weighted by Crippen LogP contribution is -2.23. The van der Waals surface area contributed by atoms with Gasteiger partial charge in [0.05, 0.1) is 9.04 Å². The fourth-order valence-corrected chi connectivity index (χ4v) is 3.86. The number of rotatable bonds is 3. The number of aliphatic hydroxyl groups excluding tert-OH is 1. The summed E-state index contributed by atoms with van der Waals surface area (Å²) in [7, 11) is -3.23. The number of aliphatic hydroxyl groups is 1. The zero-order valence-corrected chi connectivity index (χ0v) is 12.9. The average molecular weight is 378 g/mol. The molecule has 0 aliphatic heterocycles. The molecule has 1 aromatic rings. The molecule has 1 rings (SSSR count). The molecule has 2 atom stereocenters. The van der Waals surface area contributed by atoms with Gasteiger partial charge in [-0.15, -0.1) is 11.3 Å². The van der Waals surface area contributed by atoms with Gasteiger partial charge in [0.15, 0.2) is 9.84 Å². The maximum absolute atomic E-state index is 11.3. The van der Waals surface area contributed by atoms with Crippen LogP contribution in [-0.4, -0.2) is 25.0 Å². The maximum Gasteiger partial charge on any atom is 0.152 e. The van der Waals surface area contributed by atoms with E-state index >= 15 is 0 Å². The largest absolute Gasteiger partial charge is 0.386 e. The highest BCUT2D eigenvalue weighted by Crippen LogP contribution is 2.37. The highest BCUT2D eigenvalue weighted by atomic mass is 79.9. The van der Waals surface area contributed by atoms with E-state index in [1.807, 2.05) is 0 Å². The molecule has 7 heteroatoms. The van der Waals surface area contributed by atoms with Crippen molar-refractivity contribution in [2.75, 3.05) is 6.26 Å². The van der Waals surface area contributed by atoms with E-state index in [0.717, 1.165) is 14.5 Å². The molecule has 1 N–H and O–H groups in total. The van der Waals surface area contributed by atoms with Gasteiger partial charge in [-0.1, -0.05) is 0 Å². The van der Waals surface area contributed by atoms with Gasteiger partial charge in [0.2, 0.25) is 0 Å². The summed E-state index contributed by atoms with van der Waals surface area (Å²) in [5, 5.41) is 9.06. The van der Waals surface area contributed by atoms with Gasteiger partial charge >= 0.3 is 0 Å². The van der Waals surface area contributed by atoms with E-state index in [0.29, 0.717) is 4.88 Å². The molecule has 0 bridgehead atoms. The smallest absolute Gasteiger partial charge is 0.152 e. The third-order valence-electron chi connectivity index (χ3n) is 2.08. The Bertz CT molecular complexity index is 433. The number of thiophene rings is 1. The summed E-state index contributed by atoms with van der Waals surface area (Å²) in [6.45, 7) is 1.50. The number of halogens is 2. The fraction of sp³-hybridized carbons (Fsp3) is 0.500. The van der Waals surface area contributed by atoms with E-state index in [1.165, 1.54) is 18.3 Å². The minimum absolute atomic E-state index is 0.631. The van der Waals surface area contributed by atoms with Crippen molar-refractivity contribution in [2.24, 2.45) is 0 Å². The van der Waals surface area contributed by atoms with Crippen molar-refractivity contribution in [3.05, 3.63) is 19.2 Å². The lowest BCUT2D eigenvalue weighted by molar-refractivity contribution is 0.180. The highest BCUT2D eigenvalue weighted by Gasteiger charge is 2.27. The molecule has 86 valence electrons. The minimum atomic E-state index is -3.23. The van der Waals surface area contributed by atoms with Gasteiger partial charge in [0.25, 0.3) is 0 Å². The van der Waals surface area contributed by atoms with Crippen molar-refractivity contribution >= 4 is 53.0 Å². The molecule has 0 spiro atoms. The van der Waals surface area contributed by atoms with Crippen LogP contribution < -0.4 is 0 Å².